The van der Waals surface area contributed by atoms with Gasteiger partial charge in [0.15, 0.2) is 0 Å². The smallest absolute Gasteiger partial charge is 0.220 e. The average molecular weight is 260 g/mol. The third-order valence-corrected chi connectivity index (χ3v) is 4.01. The normalized spacial score (nSPS) is 18.6. The van der Waals surface area contributed by atoms with Crippen molar-refractivity contribution in [3.63, 3.8) is 0 Å². The summed E-state index contributed by atoms with van der Waals surface area (Å²) in [6.07, 6.45) is 9.31. The quantitative estimate of drug-likeness (QED) is 0.822. The van der Waals surface area contributed by atoms with Crippen LogP contribution in [-0.2, 0) is 11.2 Å². The summed E-state index contributed by atoms with van der Waals surface area (Å²) in [5, 5.41) is 12.5. The fraction of sp³-hybridized carbons (Fsp3) is 0.600. The Morgan fingerprint density at radius 2 is 2.00 bits per heavy atom. The van der Waals surface area contributed by atoms with Crippen molar-refractivity contribution in [1.82, 2.24) is 10.3 Å². The van der Waals surface area contributed by atoms with Gasteiger partial charge in [0.05, 0.1) is 6.20 Å². The fourth-order valence-corrected chi connectivity index (χ4v) is 2.66. The van der Waals surface area contributed by atoms with Gasteiger partial charge >= 0.3 is 0 Å². The molecule has 102 valence electrons. The van der Waals surface area contributed by atoms with Gasteiger partial charge in [0.1, 0.15) is 5.75 Å². The van der Waals surface area contributed by atoms with Crippen LogP contribution in [0.3, 0.4) is 0 Å². The van der Waals surface area contributed by atoms with Gasteiger partial charge in [0.25, 0.3) is 0 Å². The predicted octanol–water partition coefficient (Wildman–Crippen LogP) is 2.02. The summed E-state index contributed by atoms with van der Waals surface area (Å²) in [6.45, 7) is 0. The van der Waals surface area contributed by atoms with Crippen molar-refractivity contribution in [3.8, 4) is 5.75 Å². The van der Waals surface area contributed by atoms with Gasteiger partial charge in [-0.25, -0.2) is 0 Å². The number of nitrogens with one attached hydrogen (secondary N) is 1. The second-order valence-electron chi connectivity index (χ2n) is 5.82. The summed E-state index contributed by atoms with van der Waals surface area (Å²) in [5.41, 5.74) is 0.907. The maximum Gasteiger partial charge on any atom is 0.220 e. The highest BCUT2D eigenvalue weighted by Gasteiger charge is 2.41. The third kappa shape index (κ3) is 3.46. The Morgan fingerprint density at radius 1 is 1.32 bits per heavy atom. The zero-order chi connectivity index (χ0) is 13.2. The Hall–Kier alpha value is -1.58. The maximum atomic E-state index is 12.0. The summed E-state index contributed by atoms with van der Waals surface area (Å²) in [6, 6.07) is 2.09. The molecule has 0 unspecified atom stereocenters. The molecule has 19 heavy (non-hydrogen) atoms. The number of amides is 1. The van der Waals surface area contributed by atoms with E-state index in [-0.39, 0.29) is 11.7 Å². The van der Waals surface area contributed by atoms with Gasteiger partial charge in [-0.3, -0.25) is 9.78 Å². The molecule has 0 aliphatic heterocycles. The number of pyridine rings is 1. The summed E-state index contributed by atoms with van der Waals surface area (Å²) in [4.78, 5) is 15.9. The Morgan fingerprint density at radius 3 is 2.58 bits per heavy atom. The summed E-state index contributed by atoms with van der Waals surface area (Å²) in [5.74, 6) is 1.76. The average Bonchev–Trinajstić information content (AvgIpc) is 3.27. The molecule has 1 aromatic heterocycles. The van der Waals surface area contributed by atoms with Gasteiger partial charge in [0.2, 0.25) is 5.91 Å². The standard InChI is InChI=1S/C15H20N2O2/c18-13-7-10(8-16-9-13)1-6-14(19)17-15(11-2-3-11)12-4-5-12/h7-9,11-12,15,18H,1-6H2,(H,17,19). The number of aromatic hydroxyl groups is 1. The van der Waals surface area contributed by atoms with Crippen LogP contribution in [0.1, 0.15) is 37.7 Å². The maximum absolute atomic E-state index is 12.0. The molecular weight excluding hydrogens is 240 g/mol. The van der Waals surface area contributed by atoms with Gasteiger partial charge in [-0.2, -0.15) is 0 Å². The van der Waals surface area contributed by atoms with Gasteiger partial charge in [0, 0.05) is 18.7 Å². The molecular formula is C15H20N2O2. The third-order valence-electron chi connectivity index (χ3n) is 4.01. The van der Waals surface area contributed by atoms with E-state index in [9.17, 15) is 9.90 Å². The molecule has 2 fully saturated rings. The Bertz CT molecular complexity index is 455. The topological polar surface area (TPSA) is 62.2 Å². The molecule has 0 aromatic carbocycles. The van der Waals surface area contributed by atoms with E-state index in [0.717, 1.165) is 17.4 Å². The minimum absolute atomic E-state index is 0.132. The molecule has 0 radical (unpaired) electrons. The molecule has 1 aromatic rings. The Kier molecular flexibility index (Phi) is 3.40. The number of aromatic nitrogens is 1. The lowest BCUT2D eigenvalue weighted by atomic mass is 10.1. The van der Waals surface area contributed by atoms with Crippen LogP contribution < -0.4 is 5.32 Å². The molecule has 4 heteroatoms. The molecule has 2 saturated carbocycles. The molecule has 3 rings (SSSR count). The number of hydrogen-bond donors (Lipinski definition) is 2. The molecule has 0 bridgehead atoms. The van der Waals surface area contributed by atoms with Crippen LogP contribution in [0.5, 0.6) is 5.75 Å². The van der Waals surface area contributed by atoms with Crippen molar-refractivity contribution >= 4 is 5.91 Å². The highest BCUT2D eigenvalue weighted by atomic mass is 16.3. The van der Waals surface area contributed by atoms with Crippen LogP contribution >= 0.6 is 0 Å². The molecule has 2 aliphatic rings. The fourth-order valence-electron chi connectivity index (χ4n) is 2.66. The van der Waals surface area contributed by atoms with Crippen LogP contribution in [0.25, 0.3) is 0 Å². The second kappa shape index (κ2) is 5.19. The van der Waals surface area contributed by atoms with Gasteiger partial charge in [-0.1, -0.05) is 0 Å². The molecule has 0 atom stereocenters. The monoisotopic (exact) mass is 260 g/mol. The Labute approximate surface area is 113 Å². The lowest BCUT2D eigenvalue weighted by Crippen LogP contribution is -2.38. The van der Waals surface area contributed by atoms with Crippen molar-refractivity contribution in [3.05, 3.63) is 24.0 Å². The highest BCUT2D eigenvalue weighted by molar-refractivity contribution is 5.76. The van der Waals surface area contributed by atoms with Crippen LogP contribution in [0.4, 0.5) is 0 Å². The van der Waals surface area contributed by atoms with E-state index >= 15 is 0 Å². The molecule has 0 spiro atoms. The predicted molar refractivity (Wildman–Crippen MR) is 71.6 cm³/mol. The largest absolute Gasteiger partial charge is 0.506 e. The van der Waals surface area contributed by atoms with Crippen molar-refractivity contribution in [2.75, 3.05) is 0 Å². The van der Waals surface area contributed by atoms with Crippen molar-refractivity contribution in [2.24, 2.45) is 11.8 Å². The molecule has 1 heterocycles. The summed E-state index contributed by atoms with van der Waals surface area (Å²) >= 11 is 0. The minimum Gasteiger partial charge on any atom is -0.506 e. The molecule has 2 N–H and O–H groups in total. The van der Waals surface area contributed by atoms with E-state index < -0.39 is 0 Å². The first-order valence-corrected chi connectivity index (χ1v) is 7.14. The zero-order valence-corrected chi connectivity index (χ0v) is 11.0. The van der Waals surface area contributed by atoms with Crippen LogP contribution in [0, 0.1) is 11.8 Å². The van der Waals surface area contributed by atoms with E-state index in [2.05, 4.69) is 10.3 Å². The summed E-state index contributed by atoms with van der Waals surface area (Å²) in [7, 11) is 0. The number of carbonyl (C=O) groups excluding carboxylic acids is 1. The van der Waals surface area contributed by atoms with Crippen molar-refractivity contribution in [2.45, 2.75) is 44.6 Å². The molecule has 1 amide bonds. The number of rotatable bonds is 6. The van der Waals surface area contributed by atoms with Crippen LogP contribution in [-0.4, -0.2) is 22.0 Å². The van der Waals surface area contributed by atoms with E-state index in [1.165, 1.54) is 31.9 Å². The highest BCUT2D eigenvalue weighted by Crippen LogP contribution is 2.44. The van der Waals surface area contributed by atoms with Gasteiger partial charge < -0.3 is 10.4 Å². The zero-order valence-electron chi connectivity index (χ0n) is 11.0. The first-order chi connectivity index (χ1) is 9.22. The minimum atomic E-state index is 0.132. The second-order valence-corrected chi connectivity index (χ2v) is 5.82. The van der Waals surface area contributed by atoms with E-state index in [1.54, 1.807) is 12.3 Å². The van der Waals surface area contributed by atoms with Gasteiger partial charge in [-0.15, -0.1) is 0 Å². The Balaban J connectivity index is 1.48. The molecule has 2 aliphatic carbocycles. The number of hydrogen-bond acceptors (Lipinski definition) is 3. The summed E-state index contributed by atoms with van der Waals surface area (Å²) < 4.78 is 0. The van der Waals surface area contributed by atoms with Crippen molar-refractivity contribution < 1.29 is 9.90 Å². The first kappa shape index (κ1) is 12.5. The van der Waals surface area contributed by atoms with Gasteiger partial charge in [-0.05, 0) is 55.6 Å². The molecule has 4 nitrogen and oxygen atoms in total. The van der Waals surface area contributed by atoms with Crippen LogP contribution in [0.2, 0.25) is 0 Å². The lowest BCUT2D eigenvalue weighted by Gasteiger charge is -2.17. The first-order valence-electron chi connectivity index (χ1n) is 7.14. The number of carbonyl (C=O) groups is 1. The van der Waals surface area contributed by atoms with Crippen molar-refractivity contribution in [1.29, 1.82) is 0 Å². The number of nitrogens with zero attached hydrogens (tertiary/aromatic N) is 1. The number of aryl methyl sites for hydroxylation is 1. The van der Waals surface area contributed by atoms with Crippen LogP contribution in [0.15, 0.2) is 18.5 Å². The van der Waals surface area contributed by atoms with E-state index in [1.807, 2.05) is 0 Å². The SMILES string of the molecule is O=C(CCc1cncc(O)c1)NC(C1CC1)C1CC1. The van der Waals surface area contributed by atoms with E-state index in [0.29, 0.717) is 18.9 Å². The van der Waals surface area contributed by atoms with E-state index in [4.69, 9.17) is 0 Å². The molecule has 0 saturated heterocycles. The lowest BCUT2D eigenvalue weighted by molar-refractivity contribution is -0.122.